The average molecular weight is 302 g/mol. The zero-order chi connectivity index (χ0) is 14.8. The predicted molar refractivity (Wildman–Crippen MR) is 66.2 cm³/mol. The number of sulfonamides is 1. The van der Waals surface area contributed by atoms with Crippen molar-refractivity contribution >= 4 is 21.9 Å². The van der Waals surface area contributed by atoms with Gasteiger partial charge in [0.1, 0.15) is 11.4 Å². The number of aromatic nitrogens is 2. The van der Waals surface area contributed by atoms with Crippen LogP contribution in [0.2, 0.25) is 0 Å². The van der Waals surface area contributed by atoms with E-state index in [2.05, 4.69) is 15.1 Å². The van der Waals surface area contributed by atoms with Crippen LogP contribution in [0.1, 0.15) is 12.8 Å². The zero-order valence-electron chi connectivity index (χ0n) is 10.4. The zero-order valence-corrected chi connectivity index (χ0v) is 11.3. The number of hydrogen-bond donors (Lipinski definition) is 3. The van der Waals surface area contributed by atoms with E-state index >= 15 is 0 Å². The van der Waals surface area contributed by atoms with E-state index in [-0.39, 0.29) is 17.5 Å². The third-order valence-corrected chi connectivity index (χ3v) is 3.94. The van der Waals surface area contributed by atoms with Crippen molar-refractivity contribution in [2.24, 2.45) is 0 Å². The van der Waals surface area contributed by atoms with Gasteiger partial charge in [0.15, 0.2) is 0 Å². The van der Waals surface area contributed by atoms with Crippen LogP contribution in [0.3, 0.4) is 0 Å². The highest BCUT2D eigenvalue weighted by molar-refractivity contribution is 7.89. The highest BCUT2D eigenvalue weighted by atomic mass is 32.2. The number of carboxylic acid groups (broad SMARTS) is 1. The second-order valence-electron chi connectivity index (χ2n) is 4.43. The normalized spacial score (nSPS) is 15.0. The molecule has 1 aliphatic carbocycles. The fraction of sp³-hybridized carbons (Fsp3) is 0.500. The predicted octanol–water partition coefficient (Wildman–Crippen LogP) is -1.48. The topological polar surface area (TPSA) is 130 Å². The van der Waals surface area contributed by atoms with Crippen LogP contribution >= 0.6 is 0 Å². The Balaban J connectivity index is 1.93. The fourth-order valence-corrected chi connectivity index (χ4v) is 2.39. The summed E-state index contributed by atoms with van der Waals surface area (Å²) in [6.45, 7) is -0.791. The lowest BCUT2D eigenvalue weighted by atomic mass is 10.5. The number of nitrogens with zero attached hydrogens (tertiary/aromatic N) is 2. The van der Waals surface area contributed by atoms with Gasteiger partial charge in [-0.05, 0) is 12.8 Å². The molecule has 1 aromatic heterocycles. The second-order valence-corrected chi connectivity index (χ2v) is 6.20. The molecule has 3 N–H and O–H groups in total. The molecule has 0 saturated heterocycles. The molecule has 0 unspecified atom stereocenters. The van der Waals surface area contributed by atoms with Crippen molar-refractivity contribution < 1.29 is 23.1 Å². The minimum Gasteiger partial charge on any atom is -0.480 e. The first kappa shape index (κ1) is 14.5. The van der Waals surface area contributed by atoms with Crippen molar-refractivity contribution in [1.29, 1.82) is 0 Å². The minimum atomic E-state index is -3.87. The Labute approximate surface area is 115 Å². The molecule has 1 heterocycles. The number of amides is 1. The third kappa shape index (κ3) is 4.03. The van der Waals surface area contributed by atoms with Gasteiger partial charge in [0.25, 0.3) is 0 Å². The molecule has 9 nitrogen and oxygen atoms in total. The van der Waals surface area contributed by atoms with Crippen LogP contribution in [-0.4, -0.2) is 47.8 Å². The number of rotatable bonds is 7. The lowest BCUT2D eigenvalue weighted by Crippen LogP contribution is -2.37. The summed E-state index contributed by atoms with van der Waals surface area (Å²) in [6.07, 6.45) is 3.96. The highest BCUT2D eigenvalue weighted by Crippen LogP contribution is 2.18. The molecule has 1 amide bonds. The summed E-state index contributed by atoms with van der Waals surface area (Å²) >= 11 is 0. The molecule has 0 bridgehead atoms. The number of hydrogen-bond acceptors (Lipinski definition) is 5. The first-order valence-corrected chi connectivity index (χ1v) is 7.38. The van der Waals surface area contributed by atoms with Gasteiger partial charge >= 0.3 is 5.97 Å². The van der Waals surface area contributed by atoms with Crippen molar-refractivity contribution in [2.75, 3.05) is 6.54 Å². The Morgan fingerprint density at radius 2 is 2.15 bits per heavy atom. The molecule has 1 fully saturated rings. The summed E-state index contributed by atoms with van der Waals surface area (Å²) in [4.78, 5) is 21.7. The van der Waals surface area contributed by atoms with Gasteiger partial charge in [-0.15, -0.1) is 0 Å². The standard InChI is InChI=1S/C10H14N4O5S/c15-9(13-7-1-2-7)4-12-20(18,19)8-3-11-14(5-8)6-10(16)17/h3,5,7,12H,1-2,4,6H2,(H,13,15)(H,16,17). The number of aliphatic carboxylic acids is 1. The van der Waals surface area contributed by atoms with E-state index in [1.807, 2.05) is 0 Å². The molecule has 0 atom stereocenters. The summed E-state index contributed by atoms with van der Waals surface area (Å²) in [7, 11) is -3.87. The van der Waals surface area contributed by atoms with Crippen molar-refractivity contribution in [3.63, 3.8) is 0 Å². The van der Waals surface area contributed by atoms with E-state index in [1.165, 1.54) is 0 Å². The van der Waals surface area contributed by atoms with Crippen LogP contribution in [0.25, 0.3) is 0 Å². The van der Waals surface area contributed by atoms with Crippen LogP contribution in [0, 0.1) is 0 Å². The van der Waals surface area contributed by atoms with E-state index in [0.717, 1.165) is 29.9 Å². The Hall–Kier alpha value is -1.94. The molecule has 0 spiro atoms. The summed E-state index contributed by atoms with van der Waals surface area (Å²) in [5.41, 5.74) is 0. The Kier molecular flexibility index (Phi) is 4.04. The van der Waals surface area contributed by atoms with Crippen LogP contribution in [0.4, 0.5) is 0 Å². The van der Waals surface area contributed by atoms with E-state index in [4.69, 9.17) is 5.11 Å². The highest BCUT2D eigenvalue weighted by Gasteiger charge is 2.24. The largest absolute Gasteiger partial charge is 0.480 e. The Morgan fingerprint density at radius 1 is 1.45 bits per heavy atom. The molecule has 0 aromatic carbocycles. The van der Waals surface area contributed by atoms with Crippen LogP contribution < -0.4 is 10.0 Å². The SMILES string of the molecule is O=C(O)Cn1cc(S(=O)(=O)NCC(=O)NC2CC2)cn1. The van der Waals surface area contributed by atoms with Gasteiger partial charge in [0.05, 0.1) is 12.7 Å². The maximum absolute atomic E-state index is 11.8. The van der Waals surface area contributed by atoms with Crippen LogP contribution in [0.15, 0.2) is 17.3 Å². The number of carbonyl (C=O) groups excluding carboxylic acids is 1. The molecule has 1 saturated carbocycles. The van der Waals surface area contributed by atoms with Gasteiger partial charge in [-0.1, -0.05) is 0 Å². The van der Waals surface area contributed by atoms with Gasteiger partial charge in [0.2, 0.25) is 15.9 Å². The van der Waals surface area contributed by atoms with E-state index in [1.54, 1.807) is 0 Å². The van der Waals surface area contributed by atoms with Gasteiger partial charge in [-0.2, -0.15) is 5.10 Å². The monoisotopic (exact) mass is 302 g/mol. The lowest BCUT2D eigenvalue weighted by molar-refractivity contribution is -0.137. The molecule has 1 aromatic rings. The molecule has 2 rings (SSSR count). The number of carboxylic acids is 1. The fourth-order valence-electron chi connectivity index (χ4n) is 1.46. The third-order valence-electron chi connectivity index (χ3n) is 2.58. The molecule has 110 valence electrons. The van der Waals surface area contributed by atoms with Gasteiger partial charge < -0.3 is 10.4 Å². The van der Waals surface area contributed by atoms with E-state index < -0.39 is 28.4 Å². The quantitative estimate of drug-likeness (QED) is 0.563. The summed E-state index contributed by atoms with van der Waals surface area (Å²) in [6, 6.07) is 0.158. The van der Waals surface area contributed by atoms with E-state index in [9.17, 15) is 18.0 Å². The van der Waals surface area contributed by atoms with E-state index in [0.29, 0.717) is 0 Å². The molecule has 0 radical (unpaired) electrons. The first-order chi connectivity index (χ1) is 9.37. The Morgan fingerprint density at radius 3 is 2.75 bits per heavy atom. The molecule has 10 heteroatoms. The maximum atomic E-state index is 11.8. The number of nitrogens with one attached hydrogen (secondary N) is 2. The molecule has 0 aliphatic heterocycles. The summed E-state index contributed by atoms with van der Waals surface area (Å²) < 4.78 is 26.8. The lowest BCUT2D eigenvalue weighted by Gasteiger charge is -2.05. The smallest absolute Gasteiger partial charge is 0.325 e. The summed E-state index contributed by atoms with van der Waals surface area (Å²) in [5.74, 6) is -1.53. The van der Waals surface area contributed by atoms with Gasteiger partial charge in [-0.25, -0.2) is 13.1 Å². The van der Waals surface area contributed by atoms with Crippen molar-refractivity contribution in [3.05, 3.63) is 12.4 Å². The van der Waals surface area contributed by atoms with Crippen molar-refractivity contribution in [2.45, 2.75) is 30.3 Å². The maximum Gasteiger partial charge on any atom is 0.325 e. The Bertz CT molecular complexity index is 619. The minimum absolute atomic E-state index is 0.158. The molecular weight excluding hydrogens is 288 g/mol. The molecular formula is C10H14N4O5S. The summed E-state index contributed by atoms with van der Waals surface area (Å²) in [5, 5.41) is 14.8. The number of carbonyl (C=O) groups is 2. The second kappa shape index (κ2) is 5.59. The van der Waals surface area contributed by atoms with Crippen LogP contribution in [-0.2, 0) is 26.2 Å². The molecule has 20 heavy (non-hydrogen) atoms. The van der Waals surface area contributed by atoms with Crippen molar-refractivity contribution in [3.8, 4) is 0 Å². The first-order valence-electron chi connectivity index (χ1n) is 5.90. The van der Waals surface area contributed by atoms with Crippen LogP contribution in [0.5, 0.6) is 0 Å². The van der Waals surface area contributed by atoms with Gasteiger partial charge in [-0.3, -0.25) is 14.3 Å². The van der Waals surface area contributed by atoms with Gasteiger partial charge in [0, 0.05) is 12.2 Å². The average Bonchev–Trinajstić information content (AvgIpc) is 3.02. The molecule has 1 aliphatic rings. The van der Waals surface area contributed by atoms with Crippen molar-refractivity contribution in [1.82, 2.24) is 19.8 Å².